The first-order valence-corrected chi connectivity index (χ1v) is 6.78. The Kier molecular flexibility index (Phi) is 2.67. The quantitative estimate of drug-likeness (QED) is 0.867. The summed E-state index contributed by atoms with van der Waals surface area (Å²) in [5.41, 5.74) is 8.32. The fourth-order valence-corrected chi connectivity index (χ4v) is 3.14. The minimum absolute atomic E-state index is 0.189. The molecule has 3 heteroatoms. The Hall–Kier alpha value is -1.35. The van der Waals surface area contributed by atoms with Gasteiger partial charge in [-0.2, -0.15) is 0 Å². The molecule has 3 nitrogen and oxygen atoms in total. The van der Waals surface area contributed by atoms with E-state index in [0.29, 0.717) is 6.42 Å². The van der Waals surface area contributed by atoms with Crippen LogP contribution in [0.2, 0.25) is 0 Å². The molecule has 1 aliphatic carbocycles. The van der Waals surface area contributed by atoms with Gasteiger partial charge in [0.2, 0.25) is 5.91 Å². The minimum atomic E-state index is -0.228. The van der Waals surface area contributed by atoms with E-state index in [0.717, 1.165) is 31.4 Å². The summed E-state index contributed by atoms with van der Waals surface area (Å²) < 4.78 is 0. The highest BCUT2D eigenvalue weighted by Crippen LogP contribution is 2.36. The fourth-order valence-electron chi connectivity index (χ4n) is 3.14. The Labute approximate surface area is 108 Å². The van der Waals surface area contributed by atoms with Crippen molar-refractivity contribution in [2.75, 3.05) is 4.90 Å². The zero-order valence-corrected chi connectivity index (χ0v) is 10.9. The average molecular weight is 244 g/mol. The summed E-state index contributed by atoms with van der Waals surface area (Å²) in [5, 5.41) is 0. The number of carbonyl (C=O) groups is 1. The molecular weight excluding hydrogens is 224 g/mol. The third kappa shape index (κ3) is 1.83. The lowest BCUT2D eigenvalue weighted by Gasteiger charge is -2.39. The van der Waals surface area contributed by atoms with E-state index in [2.05, 4.69) is 13.0 Å². The Morgan fingerprint density at radius 1 is 1.44 bits per heavy atom. The van der Waals surface area contributed by atoms with Crippen molar-refractivity contribution >= 4 is 11.6 Å². The summed E-state index contributed by atoms with van der Waals surface area (Å²) in [4.78, 5) is 14.4. The lowest BCUT2D eigenvalue weighted by atomic mass is 9.75. The average Bonchev–Trinajstić information content (AvgIpc) is 2.62. The van der Waals surface area contributed by atoms with Crippen molar-refractivity contribution in [3.8, 4) is 0 Å². The second-order valence-corrected chi connectivity index (χ2v) is 5.84. The molecule has 1 saturated carbocycles. The predicted octanol–water partition coefficient (Wildman–Crippen LogP) is 2.24. The number of anilines is 1. The van der Waals surface area contributed by atoms with Gasteiger partial charge in [0.25, 0.3) is 0 Å². The van der Waals surface area contributed by atoms with Crippen molar-refractivity contribution in [3.63, 3.8) is 0 Å². The van der Waals surface area contributed by atoms with Gasteiger partial charge in [-0.3, -0.25) is 4.79 Å². The highest BCUT2D eigenvalue weighted by molar-refractivity contribution is 5.96. The number of hydrogen-bond acceptors (Lipinski definition) is 2. The molecular formula is C15H20N2O. The molecule has 96 valence electrons. The van der Waals surface area contributed by atoms with Gasteiger partial charge >= 0.3 is 0 Å². The van der Waals surface area contributed by atoms with E-state index in [1.807, 2.05) is 23.1 Å². The molecule has 1 atom stereocenters. The van der Waals surface area contributed by atoms with E-state index in [4.69, 9.17) is 5.73 Å². The monoisotopic (exact) mass is 244 g/mol. The van der Waals surface area contributed by atoms with Crippen LogP contribution >= 0.6 is 0 Å². The van der Waals surface area contributed by atoms with E-state index in [1.54, 1.807) is 0 Å². The van der Waals surface area contributed by atoms with Crippen LogP contribution in [0.15, 0.2) is 24.3 Å². The third-order valence-corrected chi connectivity index (χ3v) is 4.33. The third-order valence-electron chi connectivity index (χ3n) is 4.33. The van der Waals surface area contributed by atoms with Crippen LogP contribution in [-0.4, -0.2) is 17.5 Å². The maximum atomic E-state index is 12.5. The van der Waals surface area contributed by atoms with Crippen LogP contribution in [0.3, 0.4) is 0 Å². The second-order valence-electron chi connectivity index (χ2n) is 5.84. The molecule has 0 spiro atoms. The van der Waals surface area contributed by atoms with E-state index in [-0.39, 0.29) is 17.5 Å². The maximum absolute atomic E-state index is 12.5. The van der Waals surface area contributed by atoms with Crippen LogP contribution < -0.4 is 10.6 Å². The second kappa shape index (κ2) is 4.09. The molecule has 0 aromatic heterocycles. The number of benzene rings is 1. The molecule has 1 aromatic carbocycles. The molecule has 1 aliphatic heterocycles. The van der Waals surface area contributed by atoms with Crippen LogP contribution in [0.25, 0.3) is 0 Å². The smallest absolute Gasteiger partial charge is 0.229 e. The molecule has 1 aromatic rings. The van der Waals surface area contributed by atoms with Gasteiger partial charge in [0.15, 0.2) is 0 Å². The largest absolute Gasteiger partial charge is 0.325 e. The Morgan fingerprint density at radius 3 is 2.83 bits per heavy atom. The van der Waals surface area contributed by atoms with Gasteiger partial charge in [0.05, 0.1) is 0 Å². The maximum Gasteiger partial charge on any atom is 0.229 e. The van der Waals surface area contributed by atoms with Crippen molar-refractivity contribution in [2.45, 2.75) is 50.6 Å². The molecule has 2 N–H and O–H groups in total. The molecule has 1 heterocycles. The van der Waals surface area contributed by atoms with Crippen LogP contribution in [0.1, 0.15) is 38.2 Å². The molecule has 0 saturated heterocycles. The number of rotatable bonds is 2. The van der Waals surface area contributed by atoms with Crippen LogP contribution in [0, 0.1) is 0 Å². The van der Waals surface area contributed by atoms with Gasteiger partial charge < -0.3 is 10.6 Å². The first-order chi connectivity index (χ1) is 8.59. The lowest BCUT2D eigenvalue weighted by molar-refractivity contribution is -0.120. The lowest BCUT2D eigenvalue weighted by Crippen LogP contribution is -2.51. The normalized spacial score (nSPS) is 24.6. The van der Waals surface area contributed by atoms with Gasteiger partial charge in [-0.05, 0) is 44.2 Å². The number of amides is 1. The Balaban J connectivity index is 1.81. The summed E-state index contributed by atoms with van der Waals surface area (Å²) in [6.07, 6.45) is 4.59. The number of hydrogen-bond donors (Lipinski definition) is 1. The van der Waals surface area contributed by atoms with E-state index < -0.39 is 0 Å². The molecule has 1 fully saturated rings. The van der Waals surface area contributed by atoms with Crippen molar-refractivity contribution < 1.29 is 4.79 Å². The van der Waals surface area contributed by atoms with Crippen molar-refractivity contribution in [2.24, 2.45) is 5.73 Å². The van der Waals surface area contributed by atoms with Crippen molar-refractivity contribution in [1.82, 2.24) is 0 Å². The first kappa shape index (κ1) is 11.7. The van der Waals surface area contributed by atoms with E-state index in [1.165, 1.54) is 5.56 Å². The summed E-state index contributed by atoms with van der Waals surface area (Å²) in [6, 6.07) is 8.45. The molecule has 0 unspecified atom stereocenters. The highest BCUT2D eigenvalue weighted by Gasteiger charge is 2.39. The minimum Gasteiger partial charge on any atom is -0.325 e. The molecule has 3 rings (SSSR count). The Bertz CT molecular complexity index is 479. The topological polar surface area (TPSA) is 46.3 Å². The van der Waals surface area contributed by atoms with Gasteiger partial charge in [-0.1, -0.05) is 18.2 Å². The van der Waals surface area contributed by atoms with Crippen molar-refractivity contribution in [1.29, 1.82) is 0 Å². The van der Waals surface area contributed by atoms with Gasteiger partial charge in [0, 0.05) is 23.7 Å². The van der Waals surface area contributed by atoms with Gasteiger partial charge in [-0.15, -0.1) is 0 Å². The standard InChI is InChI=1S/C15H20N2O/c1-11-9-12-5-2-3-6-13(12)17(11)14(18)10-15(16)7-4-8-15/h2-3,5-6,11H,4,7-10,16H2,1H3/t11-/m0/s1. The summed E-state index contributed by atoms with van der Waals surface area (Å²) in [6.45, 7) is 2.11. The van der Waals surface area contributed by atoms with E-state index >= 15 is 0 Å². The molecule has 1 amide bonds. The van der Waals surface area contributed by atoms with Crippen LogP contribution in [0.4, 0.5) is 5.69 Å². The zero-order valence-electron chi connectivity index (χ0n) is 10.9. The zero-order chi connectivity index (χ0) is 12.8. The SMILES string of the molecule is C[C@H]1Cc2ccccc2N1C(=O)CC1(N)CCC1. The predicted molar refractivity (Wildman–Crippen MR) is 72.5 cm³/mol. The summed E-state index contributed by atoms with van der Waals surface area (Å²) >= 11 is 0. The van der Waals surface area contributed by atoms with Gasteiger partial charge in [0.1, 0.15) is 0 Å². The van der Waals surface area contributed by atoms with Crippen LogP contribution in [-0.2, 0) is 11.2 Å². The number of nitrogens with two attached hydrogens (primary N) is 1. The fraction of sp³-hybridized carbons (Fsp3) is 0.533. The first-order valence-electron chi connectivity index (χ1n) is 6.78. The summed E-state index contributed by atoms with van der Waals surface area (Å²) in [5.74, 6) is 0.189. The van der Waals surface area contributed by atoms with Gasteiger partial charge in [-0.25, -0.2) is 0 Å². The highest BCUT2D eigenvalue weighted by atomic mass is 16.2. The van der Waals surface area contributed by atoms with Crippen LogP contribution in [0.5, 0.6) is 0 Å². The van der Waals surface area contributed by atoms with E-state index in [9.17, 15) is 4.79 Å². The molecule has 2 aliphatic rings. The number of para-hydroxylation sites is 1. The number of carbonyl (C=O) groups excluding carboxylic acids is 1. The Morgan fingerprint density at radius 2 is 2.17 bits per heavy atom. The summed E-state index contributed by atoms with van der Waals surface area (Å²) in [7, 11) is 0. The van der Waals surface area contributed by atoms with Crippen molar-refractivity contribution in [3.05, 3.63) is 29.8 Å². The number of nitrogens with zero attached hydrogens (tertiary/aromatic N) is 1. The number of fused-ring (bicyclic) bond motifs is 1. The molecule has 0 radical (unpaired) electrons. The molecule has 18 heavy (non-hydrogen) atoms. The molecule has 0 bridgehead atoms.